The summed E-state index contributed by atoms with van der Waals surface area (Å²) in [4.78, 5) is 16.2. The first-order valence-corrected chi connectivity index (χ1v) is 41.4. The summed E-state index contributed by atoms with van der Waals surface area (Å²) in [5.41, 5.74) is 36.4. The second kappa shape index (κ2) is 37.7. The standard InChI is InChI=1S/C25H34N2.C24H33N3.C23H31N3.C22H36N2/c26-20-25(23-9-5-2-6-10-23)15-11-24(12-16-25)27-17-13-22(14-18-27)19-21-7-3-1-4-8-21;25-20-24(22-9-5-2-6-10-22)13-11-23(12-14-24)27-17-15-26(16-18-27)19-21-7-3-1-4-8-21;24-19-23(20-7-3-1-4-8-20)13-11-22(12-14-23)26-17-15-25(16-18-26)21-9-5-2-6-10-21;1-21(2,3)18-11-15-24(16-12-18)20-9-13-22(17-23,14-10-20)19-7-5-4-6-8-19/h1-10,22,24H,11-20,26H2;1-10,23H,11-20,25H2;1-10,22H,11-19,24H2;4-8,18,20H,9-17,23H2,1-3H3. The van der Waals surface area contributed by atoms with Crippen LogP contribution < -0.4 is 27.8 Å². The molecule has 7 aromatic rings. The van der Waals surface area contributed by atoms with E-state index >= 15 is 0 Å². The molecule has 8 aliphatic rings. The Labute approximate surface area is 630 Å². The van der Waals surface area contributed by atoms with Crippen LogP contribution in [0.25, 0.3) is 0 Å². The molecule has 10 heteroatoms. The van der Waals surface area contributed by atoms with Crippen molar-refractivity contribution in [1.29, 1.82) is 0 Å². The van der Waals surface area contributed by atoms with Crippen molar-refractivity contribution in [3.63, 3.8) is 0 Å². The summed E-state index contributed by atoms with van der Waals surface area (Å²) in [5.74, 6) is 1.75. The predicted molar refractivity (Wildman–Crippen MR) is 439 cm³/mol. The largest absolute Gasteiger partial charge is 0.369 e. The van der Waals surface area contributed by atoms with Crippen LogP contribution in [0.15, 0.2) is 212 Å². The molecule has 0 aromatic heterocycles. The maximum Gasteiger partial charge on any atom is 0.0367 e. The second-order valence-electron chi connectivity index (χ2n) is 34.3. The van der Waals surface area contributed by atoms with Gasteiger partial charge in [-0.1, -0.05) is 221 Å². The smallest absolute Gasteiger partial charge is 0.0367 e. The first kappa shape index (κ1) is 77.6. The quantitative estimate of drug-likeness (QED) is 0.0701. The lowest BCUT2D eigenvalue weighted by Gasteiger charge is -2.46. The molecule has 7 aromatic carbocycles. The summed E-state index contributed by atoms with van der Waals surface area (Å²) >= 11 is 0. The fraction of sp³-hybridized carbons (Fsp3) is 0.553. The number of anilines is 1. The number of piperidine rings is 2. The Morgan fingerprint density at radius 2 is 0.567 bits per heavy atom. The highest BCUT2D eigenvalue weighted by Gasteiger charge is 2.43. The van der Waals surface area contributed by atoms with E-state index in [1.54, 1.807) is 0 Å². The van der Waals surface area contributed by atoms with E-state index < -0.39 is 0 Å². The minimum Gasteiger partial charge on any atom is -0.369 e. The number of piperazine rings is 2. The van der Waals surface area contributed by atoms with E-state index in [0.717, 1.165) is 81.8 Å². The lowest BCUT2D eigenvalue weighted by atomic mass is 9.67. The third-order valence-corrected chi connectivity index (χ3v) is 27.7. The van der Waals surface area contributed by atoms with Crippen LogP contribution in [0.2, 0.25) is 0 Å². The monoisotopic (exact) mass is 1400 g/mol. The number of rotatable bonds is 17. The van der Waals surface area contributed by atoms with Crippen LogP contribution >= 0.6 is 0 Å². The predicted octanol–water partition coefficient (Wildman–Crippen LogP) is 16.7. The summed E-state index contributed by atoms with van der Waals surface area (Å²) < 4.78 is 0. The Balaban J connectivity index is 0.000000131. The van der Waals surface area contributed by atoms with E-state index in [9.17, 15) is 0 Å². The van der Waals surface area contributed by atoms with Crippen molar-refractivity contribution < 1.29 is 0 Å². The van der Waals surface area contributed by atoms with Crippen LogP contribution in [0.3, 0.4) is 0 Å². The second-order valence-corrected chi connectivity index (χ2v) is 34.3. The highest BCUT2D eigenvalue weighted by Crippen LogP contribution is 2.46. The fourth-order valence-electron chi connectivity index (χ4n) is 20.4. The van der Waals surface area contributed by atoms with Gasteiger partial charge in [-0.3, -0.25) is 14.7 Å². The van der Waals surface area contributed by atoms with Crippen LogP contribution in [0.1, 0.15) is 183 Å². The average Bonchev–Trinajstić information content (AvgIpc) is 0.817. The van der Waals surface area contributed by atoms with Crippen molar-refractivity contribution in [2.45, 2.75) is 208 Å². The zero-order valence-electron chi connectivity index (χ0n) is 64.5. The molecule has 0 bridgehead atoms. The topological polar surface area (TPSA) is 124 Å². The van der Waals surface area contributed by atoms with Crippen molar-refractivity contribution in [3.8, 4) is 0 Å². The maximum atomic E-state index is 6.27. The van der Waals surface area contributed by atoms with E-state index in [0.29, 0.717) is 5.41 Å². The van der Waals surface area contributed by atoms with Gasteiger partial charge in [0.1, 0.15) is 0 Å². The number of nitrogens with zero attached hydrogens (tertiary/aromatic N) is 6. The van der Waals surface area contributed by atoms with Crippen LogP contribution in [0, 0.1) is 17.3 Å². The molecule has 4 heterocycles. The molecule has 4 aliphatic heterocycles. The van der Waals surface area contributed by atoms with Gasteiger partial charge < -0.3 is 37.6 Å². The molecule has 0 spiro atoms. The number of likely N-dealkylation sites (tertiary alicyclic amines) is 2. The third-order valence-electron chi connectivity index (χ3n) is 27.7. The lowest BCUT2D eigenvalue weighted by Crippen LogP contribution is -2.53. The first-order chi connectivity index (χ1) is 50.8. The molecule has 8 fully saturated rings. The highest BCUT2D eigenvalue weighted by atomic mass is 15.3. The molecule has 0 radical (unpaired) electrons. The molecule has 10 nitrogen and oxygen atoms in total. The number of nitrogens with two attached hydrogens (primary N) is 4. The molecule has 4 aliphatic carbocycles. The van der Waals surface area contributed by atoms with Gasteiger partial charge in [-0.15, -0.1) is 0 Å². The van der Waals surface area contributed by atoms with Gasteiger partial charge in [-0.05, 0) is 224 Å². The van der Waals surface area contributed by atoms with Crippen molar-refractivity contribution in [2.24, 2.45) is 40.2 Å². The van der Waals surface area contributed by atoms with Gasteiger partial charge in [-0.25, -0.2) is 0 Å². The van der Waals surface area contributed by atoms with Gasteiger partial charge in [0.25, 0.3) is 0 Å². The zero-order valence-corrected chi connectivity index (χ0v) is 64.5. The van der Waals surface area contributed by atoms with E-state index in [2.05, 4.69) is 262 Å². The molecule has 0 atom stereocenters. The molecule has 15 rings (SSSR count). The summed E-state index contributed by atoms with van der Waals surface area (Å²) in [5, 5.41) is 0. The van der Waals surface area contributed by atoms with E-state index in [-0.39, 0.29) is 21.7 Å². The van der Waals surface area contributed by atoms with Crippen molar-refractivity contribution in [3.05, 3.63) is 246 Å². The lowest BCUT2D eigenvalue weighted by molar-refractivity contribution is 0.0575. The maximum absolute atomic E-state index is 6.27. The number of benzene rings is 7. The average molecular weight is 1400 g/mol. The van der Waals surface area contributed by atoms with Crippen LogP contribution in [0.5, 0.6) is 0 Å². The molecule has 104 heavy (non-hydrogen) atoms. The molecule has 4 saturated carbocycles. The minimum absolute atomic E-state index is 0.198. The van der Waals surface area contributed by atoms with Crippen LogP contribution in [0.4, 0.5) is 5.69 Å². The van der Waals surface area contributed by atoms with E-state index in [4.69, 9.17) is 22.9 Å². The Morgan fingerprint density at radius 1 is 0.298 bits per heavy atom. The third kappa shape index (κ3) is 20.0. The number of hydrogen-bond acceptors (Lipinski definition) is 10. The number of para-hydroxylation sites is 1. The van der Waals surface area contributed by atoms with Gasteiger partial charge in [0.15, 0.2) is 0 Å². The minimum atomic E-state index is 0.198. The zero-order chi connectivity index (χ0) is 72.1. The number of hydrogen-bond donors (Lipinski definition) is 4. The van der Waals surface area contributed by atoms with E-state index in [1.165, 1.54) is 239 Å². The Morgan fingerprint density at radius 3 is 0.875 bits per heavy atom. The van der Waals surface area contributed by atoms with Gasteiger partial charge in [-0.2, -0.15) is 0 Å². The summed E-state index contributed by atoms with van der Waals surface area (Å²) in [7, 11) is 0. The van der Waals surface area contributed by atoms with Gasteiger partial charge in [0.05, 0.1) is 0 Å². The normalized spacial score (nSPS) is 28.2. The molecule has 4 saturated heterocycles. The molecular formula is C94H134N10. The molecular weight excluding hydrogens is 1270 g/mol. The molecule has 560 valence electrons. The van der Waals surface area contributed by atoms with Crippen molar-refractivity contribution in [1.82, 2.24) is 24.5 Å². The Bertz CT molecular complexity index is 3350. The SMILES string of the molecule is CC(C)(C)C1CCN(C2CCC(CN)(c3ccccc3)CC2)CC1.NCC1(c2ccccc2)CCC(N2CCC(Cc3ccccc3)CC2)CC1.NCC1(c2ccccc2)CCC(N2CCN(Cc3ccccc3)CC2)CC1.NCC1(c2ccccc2)CCC(N2CCN(c3ccccc3)CC2)CC1. The van der Waals surface area contributed by atoms with Crippen LogP contribution in [-0.2, 0) is 34.6 Å². The van der Waals surface area contributed by atoms with Crippen LogP contribution in [-0.4, -0.2) is 153 Å². The fourth-order valence-corrected chi connectivity index (χ4v) is 20.4. The first-order valence-electron chi connectivity index (χ1n) is 41.4. The molecule has 0 amide bonds. The Hall–Kier alpha value is -6.02. The summed E-state index contributed by atoms with van der Waals surface area (Å²) in [6.07, 6.45) is 26.9. The van der Waals surface area contributed by atoms with Gasteiger partial charge in [0, 0.05) is 137 Å². The van der Waals surface area contributed by atoms with Crippen molar-refractivity contribution >= 4 is 5.69 Å². The Kier molecular flexibility index (Phi) is 28.1. The van der Waals surface area contributed by atoms with Crippen molar-refractivity contribution in [2.75, 3.05) is 110 Å². The highest BCUT2D eigenvalue weighted by molar-refractivity contribution is 5.46. The van der Waals surface area contributed by atoms with Gasteiger partial charge in [0.2, 0.25) is 0 Å². The molecule has 0 unspecified atom stereocenters. The van der Waals surface area contributed by atoms with Gasteiger partial charge >= 0.3 is 0 Å². The van der Waals surface area contributed by atoms with E-state index in [1.807, 2.05) is 0 Å². The molecule has 8 N–H and O–H groups in total. The summed E-state index contributed by atoms with van der Waals surface area (Å²) in [6.45, 7) is 26.0. The summed E-state index contributed by atoms with van der Waals surface area (Å²) in [6, 6.07) is 79.6.